The second kappa shape index (κ2) is 5.85. The highest BCUT2D eigenvalue weighted by Crippen LogP contribution is 2.18. The molecule has 1 aromatic rings. The number of hydrogen-bond acceptors (Lipinski definition) is 2. The molecule has 0 fully saturated rings. The van der Waals surface area contributed by atoms with E-state index in [4.69, 9.17) is 16.3 Å². The summed E-state index contributed by atoms with van der Waals surface area (Å²) < 4.78 is 28.7. The van der Waals surface area contributed by atoms with Crippen molar-refractivity contribution in [3.63, 3.8) is 0 Å². The maximum Gasteiger partial charge on any atom is 0.272 e. The Kier molecular flexibility index (Phi) is 4.75. The molecule has 0 aliphatic carbocycles. The molecule has 0 aliphatic heterocycles. The lowest BCUT2D eigenvalue weighted by atomic mass is 10.2. The van der Waals surface area contributed by atoms with Crippen molar-refractivity contribution in [3.8, 4) is 5.88 Å². The molecular weight excluding hydrogens is 224 g/mol. The molecule has 0 saturated carbocycles. The van der Waals surface area contributed by atoms with Crippen LogP contribution in [0.15, 0.2) is 12.3 Å². The van der Waals surface area contributed by atoms with Crippen LogP contribution >= 0.6 is 11.6 Å². The molecule has 5 heteroatoms. The number of pyridine rings is 1. The Hall–Kier alpha value is -0.900. The smallest absolute Gasteiger partial charge is 0.272 e. The van der Waals surface area contributed by atoms with Gasteiger partial charge < -0.3 is 4.74 Å². The van der Waals surface area contributed by atoms with Gasteiger partial charge in [0.25, 0.3) is 6.43 Å². The monoisotopic (exact) mass is 235 g/mol. The molecule has 1 heterocycles. The third-order valence-corrected chi connectivity index (χ3v) is 2.17. The fourth-order valence-corrected chi connectivity index (χ4v) is 1.29. The molecule has 0 bridgehead atoms. The van der Waals surface area contributed by atoms with Crippen LogP contribution in [0.2, 0.25) is 0 Å². The van der Waals surface area contributed by atoms with Crippen LogP contribution in [-0.2, 0) is 12.3 Å². The second-order valence-corrected chi connectivity index (χ2v) is 3.26. The number of aryl methyl sites for hydroxylation is 1. The minimum Gasteiger partial charge on any atom is -0.471 e. The molecule has 0 aromatic carbocycles. The summed E-state index contributed by atoms with van der Waals surface area (Å²) >= 11 is 5.63. The first-order valence-corrected chi connectivity index (χ1v) is 5.15. The van der Waals surface area contributed by atoms with Crippen LogP contribution in [0.5, 0.6) is 5.88 Å². The number of hydrogen-bond donors (Lipinski definition) is 0. The number of ether oxygens (including phenoxy) is 1. The lowest BCUT2D eigenvalue weighted by molar-refractivity contribution is 0.0791. The van der Waals surface area contributed by atoms with Crippen molar-refractivity contribution in [1.29, 1.82) is 0 Å². The molecule has 0 spiro atoms. The van der Waals surface area contributed by atoms with Crippen LogP contribution in [0, 0.1) is 0 Å². The molecule has 0 saturated heterocycles. The van der Waals surface area contributed by atoms with Gasteiger partial charge in [0.15, 0.2) is 6.61 Å². The van der Waals surface area contributed by atoms with E-state index < -0.39 is 13.0 Å². The average Bonchev–Trinajstić information content (AvgIpc) is 2.25. The molecule has 1 aromatic heterocycles. The predicted molar refractivity (Wildman–Crippen MR) is 54.7 cm³/mol. The second-order valence-electron chi connectivity index (χ2n) is 3.00. The van der Waals surface area contributed by atoms with Gasteiger partial charge >= 0.3 is 0 Å². The van der Waals surface area contributed by atoms with E-state index in [-0.39, 0.29) is 5.88 Å². The summed E-state index contributed by atoms with van der Waals surface area (Å²) in [4.78, 5) is 3.95. The molecule has 0 N–H and O–H groups in total. The third-order valence-electron chi connectivity index (χ3n) is 1.86. The quantitative estimate of drug-likeness (QED) is 0.732. The van der Waals surface area contributed by atoms with E-state index in [0.717, 1.165) is 11.1 Å². The van der Waals surface area contributed by atoms with Crippen molar-refractivity contribution in [2.24, 2.45) is 0 Å². The molecule has 0 amide bonds. The summed E-state index contributed by atoms with van der Waals surface area (Å²) in [5, 5.41) is 0. The Morgan fingerprint density at radius 3 is 2.80 bits per heavy atom. The molecular formula is C10H12ClF2NO. The van der Waals surface area contributed by atoms with Gasteiger partial charge in [-0.3, -0.25) is 0 Å². The van der Waals surface area contributed by atoms with Gasteiger partial charge in [0.1, 0.15) is 0 Å². The van der Waals surface area contributed by atoms with E-state index in [1.807, 2.05) is 13.0 Å². The highest BCUT2D eigenvalue weighted by atomic mass is 35.5. The van der Waals surface area contributed by atoms with Gasteiger partial charge in [-0.05, 0) is 18.1 Å². The van der Waals surface area contributed by atoms with Gasteiger partial charge in [0.05, 0.1) is 0 Å². The van der Waals surface area contributed by atoms with Crippen molar-refractivity contribution < 1.29 is 13.5 Å². The maximum absolute atomic E-state index is 11.9. The number of aromatic nitrogens is 1. The molecule has 84 valence electrons. The van der Waals surface area contributed by atoms with E-state index in [0.29, 0.717) is 12.3 Å². The van der Waals surface area contributed by atoms with Gasteiger partial charge in [-0.2, -0.15) is 0 Å². The van der Waals surface area contributed by atoms with Crippen LogP contribution in [0.25, 0.3) is 0 Å². The summed E-state index contributed by atoms with van der Waals surface area (Å²) in [6, 6.07) is 1.82. The Bertz CT molecular complexity index is 320. The zero-order valence-electron chi connectivity index (χ0n) is 8.34. The molecule has 2 nitrogen and oxygen atoms in total. The van der Waals surface area contributed by atoms with E-state index in [2.05, 4.69) is 4.98 Å². The zero-order valence-corrected chi connectivity index (χ0v) is 9.10. The summed E-state index contributed by atoms with van der Waals surface area (Å²) in [6.07, 6.45) is -0.271. The first-order chi connectivity index (χ1) is 7.17. The number of alkyl halides is 3. The Balaban J connectivity index is 2.78. The molecule has 0 radical (unpaired) electrons. The van der Waals surface area contributed by atoms with Gasteiger partial charge in [-0.15, -0.1) is 11.6 Å². The highest BCUT2D eigenvalue weighted by Gasteiger charge is 2.08. The average molecular weight is 236 g/mol. The van der Waals surface area contributed by atoms with Crippen LogP contribution < -0.4 is 4.74 Å². The summed E-state index contributed by atoms with van der Waals surface area (Å²) in [5.74, 6) is 0.626. The predicted octanol–water partition coefficient (Wildman–Crippen LogP) is 3.03. The minimum atomic E-state index is -2.48. The van der Waals surface area contributed by atoms with Crippen molar-refractivity contribution in [2.75, 3.05) is 6.61 Å². The van der Waals surface area contributed by atoms with Crippen molar-refractivity contribution in [2.45, 2.75) is 25.7 Å². The van der Waals surface area contributed by atoms with Crippen LogP contribution in [0.3, 0.4) is 0 Å². The lowest BCUT2D eigenvalue weighted by Gasteiger charge is -2.09. The van der Waals surface area contributed by atoms with Gasteiger partial charge in [0.2, 0.25) is 5.88 Å². The molecule has 0 atom stereocenters. The topological polar surface area (TPSA) is 22.1 Å². The third kappa shape index (κ3) is 3.63. The Morgan fingerprint density at radius 1 is 1.53 bits per heavy atom. The van der Waals surface area contributed by atoms with Gasteiger partial charge in [0, 0.05) is 17.6 Å². The zero-order chi connectivity index (χ0) is 11.3. The van der Waals surface area contributed by atoms with Crippen LogP contribution in [0.1, 0.15) is 18.1 Å². The van der Waals surface area contributed by atoms with Crippen molar-refractivity contribution in [3.05, 3.63) is 23.4 Å². The Morgan fingerprint density at radius 2 is 2.27 bits per heavy atom. The van der Waals surface area contributed by atoms with Crippen LogP contribution in [0.4, 0.5) is 8.78 Å². The summed E-state index contributed by atoms with van der Waals surface area (Å²) in [7, 11) is 0. The molecule has 0 aliphatic rings. The molecule has 1 rings (SSSR count). The fraction of sp³-hybridized carbons (Fsp3) is 0.500. The SMILES string of the molecule is CCc1cc(CCl)cnc1OCC(F)F. The largest absolute Gasteiger partial charge is 0.471 e. The van der Waals surface area contributed by atoms with E-state index in [9.17, 15) is 8.78 Å². The Labute approximate surface area is 92.2 Å². The summed E-state index contributed by atoms with van der Waals surface area (Å²) in [5.41, 5.74) is 1.66. The standard InChI is InChI=1S/C10H12ClF2NO/c1-2-8-3-7(4-11)5-14-10(8)15-6-9(12)13/h3,5,9H,2,4,6H2,1H3. The lowest BCUT2D eigenvalue weighted by Crippen LogP contribution is -2.09. The maximum atomic E-state index is 11.9. The first-order valence-electron chi connectivity index (χ1n) is 4.62. The van der Waals surface area contributed by atoms with Crippen molar-refractivity contribution in [1.82, 2.24) is 4.98 Å². The van der Waals surface area contributed by atoms with Gasteiger partial charge in [-0.25, -0.2) is 13.8 Å². The van der Waals surface area contributed by atoms with Crippen molar-refractivity contribution >= 4 is 11.6 Å². The normalized spacial score (nSPS) is 10.7. The molecule has 15 heavy (non-hydrogen) atoms. The van der Waals surface area contributed by atoms with Gasteiger partial charge in [-0.1, -0.05) is 6.92 Å². The van der Waals surface area contributed by atoms with E-state index in [1.54, 1.807) is 0 Å². The fourth-order valence-electron chi connectivity index (χ4n) is 1.15. The summed E-state index contributed by atoms with van der Waals surface area (Å²) in [6.45, 7) is 1.28. The highest BCUT2D eigenvalue weighted by molar-refractivity contribution is 6.17. The number of halogens is 3. The molecule has 0 unspecified atom stereocenters. The number of rotatable bonds is 5. The first kappa shape index (κ1) is 12.2. The van der Waals surface area contributed by atoms with Crippen LogP contribution in [-0.4, -0.2) is 18.0 Å². The minimum absolute atomic E-state index is 0.270. The van der Waals surface area contributed by atoms with E-state index in [1.165, 1.54) is 6.20 Å². The number of nitrogens with zero attached hydrogens (tertiary/aromatic N) is 1. The van der Waals surface area contributed by atoms with E-state index >= 15 is 0 Å².